The fraction of sp³-hybridized carbons (Fsp3) is 0.143. The van der Waals surface area contributed by atoms with Crippen molar-refractivity contribution < 1.29 is 9.59 Å². The first-order valence-corrected chi connectivity index (χ1v) is 8.87. The highest BCUT2D eigenvalue weighted by Crippen LogP contribution is 2.20. The van der Waals surface area contributed by atoms with Gasteiger partial charge in [-0.2, -0.15) is 0 Å². The van der Waals surface area contributed by atoms with Crippen molar-refractivity contribution in [1.82, 2.24) is 9.88 Å². The molecule has 4 rings (SSSR count). The van der Waals surface area contributed by atoms with E-state index in [0.29, 0.717) is 25.2 Å². The van der Waals surface area contributed by atoms with Gasteiger partial charge in [0.2, 0.25) is 5.91 Å². The zero-order valence-electron chi connectivity index (χ0n) is 14.8. The van der Waals surface area contributed by atoms with Crippen LogP contribution >= 0.6 is 0 Å². The number of benzene rings is 2. The summed E-state index contributed by atoms with van der Waals surface area (Å²) in [5, 5.41) is 5.67. The zero-order chi connectivity index (χ0) is 18.6. The van der Waals surface area contributed by atoms with Gasteiger partial charge in [-0.1, -0.05) is 12.1 Å². The van der Waals surface area contributed by atoms with E-state index >= 15 is 0 Å². The predicted molar refractivity (Wildman–Crippen MR) is 105 cm³/mol. The highest BCUT2D eigenvalue weighted by molar-refractivity contribution is 5.95. The third-order valence-corrected chi connectivity index (χ3v) is 4.52. The maximum atomic E-state index is 12.3. The van der Waals surface area contributed by atoms with Crippen molar-refractivity contribution in [1.29, 1.82) is 0 Å². The van der Waals surface area contributed by atoms with Crippen LogP contribution < -0.4 is 15.5 Å². The van der Waals surface area contributed by atoms with Gasteiger partial charge in [-0.3, -0.25) is 9.69 Å². The highest BCUT2D eigenvalue weighted by atomic mass is 16.2. The van der Waals surface area contributed by atoms with E-state index in [4.69, 9.17) is 0 Å². The van der Waals surface area contributed by atoms with Crippen molar-refractivity contribution in [2.24, 2.45) is 0 Å². The number of amides is 3. The molecule has 27 heavy (non-hydrogen) atoms. The summed E-state index contributed by atoms with van der Waals surface area (Å²) >= 11 is 0. The third kappa shape index (κ3) is 3.84. The van der Waals surface area contributed by atoms with Crippen molar-refractivity contribution >= 4 is 23.3 Å². The lowest BCUT2D eigenvalue weighted by atomic mass is 10.1. The number of nitrogens with zero attached hydrogens (tertiary/aromatic N) is 2. The van der Waals surface area contributed by atoms with Crippen LogP contribution in [0.1, 0.15) is 5.56 Å². The van der Waals surface area contributed by atoms with Gasteiger partial charge < -0.3 is 15.2 Å². The van der Waals surface area contributed by atoms with E-state index in [1.807, 2.05) is 77.6 Å². The average molecular weight is 360 g/mol. The number of carbonyl (C=O) groups excluding carboxylic acids is 2. The first-order chi connectivity index (χ1) is 13.2. The summed E-state index contributed by atoms with van der Waals surface area (Å²) in [5.74, 6) is -0.0737. The third-order valence-electron chi connectivity index (χ3n) is 4.52. The number of rotatable bonds is 5. The lowest BCUT2D eigenvalue weighted by Gasteiger charge is -2.14. The van der Waals surface area contributed by atoms with Gasteiger partial charge >= 0.3 is 6.03 Å². The zero-order valence-corrected chi connectivity index (χ0v) is 14.8. The Labute approximate surface area is 157 Å². The van der Waals surface area contributed by atoms with Crippen LogP contribution in [-0.4, -0.2) is 29.6 Å². The predicted octanol–water partition coefficient (Wildman–Crippen LogP) is 3.19. The summed E-state index contributed by atoms with van der Waals surface area (Å²) in [5.41, 5.74) is 3.55. The Morgan fingerprint density at radius 2 is 1.63 bits per heavy atom. The quantitative estimate of drug-likeness (QED) is 0.734. The largest absolute Gasteiger partial charge is 0.336 e. The Hall–Kier alpha value is -3.54. The Kier molecular flexibility index (Phi) is 4.61. The summed E-state index contributed by atoms with van der Waals surface area (Å²) in [7, 11) is 0. The molecule has 0 radical (unpaired) electrons. The lowest BCUT2D eigenvalue weighted by Crippen LogP contribution is -2.27. The molecule has 3 amide bonds. The van der Waals surface area contributed by atoms with Gasteiger partial charge in [0.25, 0.3) is 0 Å². The van der Waals surface area contributed by atoms with Crippen molar-refractivity contribution in [2.45, 2.75) is 6.42 Å². The second-order valence-electron chi connectivity index (χ2n) is 6.41. The van der Waals surface area contributed by atoms with Gasteiger partial charge in [0.1, 0.15) is 0 Å². The van der Waals surface area contributed by atoms with Gasteiger partial charge in [0.15, 0.2) is 0 Å². The molecule has 136 valence electrons. The summed E-state index contributed by atoms with van der Waals surface area (Å²) < 4.78 is 2.02. The summed E-state index contributed by atoms with van der Waals surface area (Å²) in [6.45, 7) is 1.31. The van der Waals surface area contributed by atoms with E-state index in [0.717, 1.165) is 16.9 Å². The molecule has 2 aromatic carbocycles. The molecule has 0 atom stereocenters. The second-order valence-corrected chi connectivity index (χ2v) is 6.41. The number of hydrogen-bond acceptors (Lipinski definition) is 2. The number of aromatic nitrogens is 1. The van der Waals surface area contributed by atoms with Crippen LogP contribution in [0.25, 0.3) is 5.69 Å². The molecule has 0 aliphatic carbocycles. The standard InChI is InChI=1S/C21H20N4O2/c26-20(15-16-3-7-18(8-4-16)24-12-1-2-13-24)23-17-5-9-19(10-6-17)25-14-11-22-21(25)27/h1-10,12-13H,11,14-15H2,(H,22,27)(H,23,26). The average Bonchev–Trinajstić information content (AvgIpc) is 3.35. The Morgan fingerprint density at radius 3 is 2.26 bits per heavy atom. The van der Waals surface area contributed by atoms with Crippen LogP contribution in [0.15, 0.2) is 73.1 Å². The number of anilines is 2. The molecular weight excluding hydrogens is 340 g/mol. The molecule has 0 saturated carbocycles. The molecule has 1 aliphatic rings. The number of carbonyl (C=O) groups is 2. The van der Waals surface area contributed by atoms with Crippen molar-refractivity contribution in [3.8, 4) is 5.69 Å². The maximum Gasteiger partial charge on any atom is 0.321 e. The molecule has 0 unspecified atom stereocenters. The van der Waals surface area contributed by atoms with Crippen LogP contribution in [0, 0.1) is 0 Å². The van der Waals surface area contributed by atoms with E-state index in [-0.39, 0.29) is 11.9 Å². The summed E-state index contributed by atoms with van der Waals surface area (Å²) in [6, 6.07) is 19.1. The first-order valence-electron chi connectivity index (χ1n) is 8.87. The molecule has 1 saturated heterocycles. The summed E-state index contributed by atoms with van der Waals surface area (Å²) in [4.78, 5) is 25.7. The highest BCUT2D eigenvalue weighted by Gasteiger charge is 2.20. The van der Waals surface area contributed by atoms with Gasteiger partial charge in [0, 0.05) is 42.5 Å². The Bertz CT molecular complexity index is 931. The smallest absolute Gasteiger partial charge is 0.321 e. The Morgan fingerprint density at radius 1 is 0.963 bits per heavy atom. The van der Waals surface area contributed by atoms with Crippen molar-refractivity contribution in [3.63, 3.8) is 0 Å². The molecule has 6 nitrogen and oxygen atoms in total. The minimum absolute atomic E-state index is 0.0737. The van der Waals surface area contributed by atoms with Crippen LogP contribution in [-0.2, 0) is 11.2 Å². The molecule has 0 bridgehead atoms. The van der Waals surface area contributed by atoms with E-state index in [1.54, 1.807) is 4.90 Å². The topological polar surface area (TPSA) is 66.4 Å². The fourth-order valence-corrected chi connectivity index (χ4v) is 3.13. The normalized spacial score (nSPS) is 13.5. The van der Waals surface area contributed by atoms with E-state index in [1.165, 1.54) is 0 Å². The fourth-order valence-electron chi connectivity index (χ4n) is 3.13. The SMILES string of the molecule is O=C(Cc1ccc(-n2cccc2)cc1)Nc1ccc(N2CCNC2=O)cc1. The van der Waals surface area contributed by atoms with Crippen molar-refractivity contribution in [2.75, 3.05) is 23.3 Å². The van der Waals surface area contributed by atoms with Crippen LogP contribution in [0.3, 0.4) is 0 Å². The summed E-state index contributed by atoms with van der Waals surface area (Å²) in [6.07, 6.45) is 4.27. The molecule has 3 aromatic rings. The van der Waals surface area contributed by atoms with Crippen LogP contribution in [0.5, 0.6) is 0 Å². The van der Waals surface area contributed by atoms with Crippen LogP contribution in [0.4, 0.5) is 16.2 Å². The van der Waals surface area contributed by atoms with Gasteiger partial charge in [-0.25, -0.2) is 4.79 Å². The monoisotopic (exact) mass is 360 g/mol. The maximum absolute atomic E-state index is 12.3. The van der Waals surface area contributed by atoms with E-state index in [2.05, 4.69) is 10.6 Å². The number of nitrogens with one attached hydrogen (secondary N) is 2. The van der Waals surface area contributed by atoms with Gasteiger partial charge in [-0.05, 0) is 54.1 Å². The lowest BCUT2D eigenvalue weighted by molar-refractivity contribution is -0.115. The minimum Gasteiger partial charge on any atom is -0.336 e. The first kappa shape index (κ1) is 16.9. The van der Waals surface area contributed by atoms with Crippen LogP contribution in [0.2, 0.25) is 0 Å². The second kappa shape index (κ2) is 7.37. The van der Waals surface area contributed by atoms with E-state index in [9.17, 15) is 9.59 Å². The van der Waals surface area contributed by atoms with Crippen molar-refractivity contribution in [3.05, 3.63) is 78.6 Å². The molecule has 1 aliphatic heterocycles. The molecular formula is C21H20N4O2. The Balaban J connectivity index is 1.35. The molecule has 6 heteroatoms. The molecule has 2 N–H and O–H groups in total. The molecule has 2 heterocycles. The molecule has 1 aromatic heterocycles. The molecule has 1 fully saturated rings. The van der Waals surface area contributed by atoms with Gasteiger partial charge in [0.05, 0.1) is 6.42 Å². The number of hydrogen-bond donors (Lipinski definition) is 2. The molecule has 0 spiro atoms. The minimum atomic E-state index is -0.0878. The van der Waals surface area contributed by atoms with E-state index < -0.39 is 0 Å². The number of urea groups is 1. The van der Waals surface area contributed by atoms with Gasteiger partial charge in [-0.15, -0.1) is 0 Å².